The highest BCUT2D eigenvalue weighted by molar-refractivity contribution is 7.12. The Morgan fingerprint density at radius 2 is 1.71 bits per heavy atom. The Hall–Kier alpha value is -3.45. The molecule has 4 rings (SSSR count). The predicted molar refractivity (Wildman–Crippen MR) is 111 cm³/mol. The van der Waals surface area contributed by atoms with Crippen molar-refractivity contribution >= 4 is 28.1 Å². The van der Waals surface area contributed by atoms with Gasteiger partial charge in [0, 0.05) is 7.05 Å². The fraction of sp³-hybridized carbons (Fsp3) is 0.0952. The van der Waals surface area contributed by atoms with E-state index in [1.54, 1.807) is 40.3 Å². The van der Waals surface area contributed by atoms with Crippen molar-refractivity contribution in [2.45, 2.75) is 6.54 Å². The number of carbonyl (C=O) groups excluding carboxylic acids is 1. The highest BCUT2D eigenvalue weighted by Gasteiger charge is 2.20. The number of nitrogens with zero attached hydrogens (tertiary/aromatic N) is 2. The number of hydrogen-bond donors (Lipinski definition) is 1. The summed E-state index contributed by atoms with van der Waals surface area (Å²) in [6.07, 6.45) is 0. The van der Waals surface area contributed by atoms with Gasteiger partial charge in [-0.05, 0) is 29.1 Å². The van der Waals surface area contributed by atoms with Crippen molar-refractivity contribution in [3.05, 3.63) is 97.3 Å². The Morgan fingerprint density at radius 1 is 1.00 bits per heavy atom. The molecule has 2 aromatic carbocycles. The molecule has 7 heteroatoms. The zero-order valence-corrected chi connectivity index (χ0v) is 15.9. The van der Waals surface area contributed by atoms with Crippen LogP contribution in [0.15, 0.2) is 75.6 Å². The molecule has 140 valence electrons. The van der Waals surface area contributed by atoms with E-state index < -0.39 is 11.2 Å². The van der Waals surface area contributed by atoms with Gasteiger partial charge in [0.1, 0.15) is 4.88 Å². The fourth-order valence-corrected chi connectivity index (χ4v) is 4.04. The van der Waals surface area contributed by atoms with Crippen molar-refractivity contribution < 1.29 is 4.79 Å². The van der Waals surface area contributed by atoms with Crippen LogP contribution in [0.2, 0.25) is 0 Å². The first-order valence-corrected chi connectivity index (χ1v) is 9.58. The van der Waals surface area contributed by atoms with Gasteiger partial charge >= 0.3 is 5.69 Å². The summed E-state index contributed by atoms with van der Waals surface area (Å²) >= 11 is 1.19. The SMILES string of the molecule is CNC(=O)c1sccc1-n1c(=O)c2ccccc2n(Cc2ccccc2)c1=O. The van der Waals surface area contributed by atoms with Gasteiger partial charge in [0.15, 0.2) is 0 Å². The van der Waals surface area contributed by atoms with Gasteiger partial charge in [-0.3, -0.25) is 14.2 Å². The summed E-state index contributed by atoms with van der Waals surface area (Å²) in [5.74, 6) is -0.334. The first kappa shape index (κ1) is 17.9. The van der Waals surface area contributed by atoms with Crippen LogP contribution >= 0.6 is 11.3 Å². The molecule has 0 aliphatic rings. The summed E-state index contributed by atoms with van der Waals surface area (Å²) in [4.78, 5) is 39.0. The van der Waals surface area contributed by atoms with Crippen LogP contribution in [0.3, 0.4) is 0 Å². The number of rotatable bonds is 4. The monoisotopic (exact) mass is 391 g/mol. The van der Waals surface area contributed by atoms with Crippen molar-refractivity contribution in [3.63, 3.8) is 0 Å². The van der Waals surface area contributed by atoms with E-state index in [4.69, 9.17) is 0 Å². The van der Waals surface area contributed by atoms with Crippen molar-refractivity contribution in [1.82, 2.24) is 14.5 Å². The maximum absolute atomic E-state index is 13.4. The first-order valence-electron chi connectivity index (χ1n) is 8.70. The zero-order chi connectivity index (χ0) is 19.7. The standard InChI is InChI=1S/C21H17N3O3S/c1-22-19(25)18-17(11-12-28-18)24-20(26)15-9-5-6-10-16(15)23(21(24)27)13-14-7-3-2-4-8-14/h2-12H,13H2,1H3,(H,22,25). The number of thiophene rings is 1. The van der Waals surface area contributed by atoms with Crippen LogP contribution in [0.25, 0.3) is 16.6 Å². The lowest BCUT2D eigenvalue weighted by Gasteiger charge is -2.14. The lowest BCUT2D eigenvalue weighted by Crippen LogP contribution is -2.39. The smallest absolute Gasteiger partial charge is 0.336 e. The molecular weight excluding hydrogens is 374 g/mol. The molecule has 6 nitrogen and oxygen atoms in total. The van der Waals surface area contributed by atoms with Crippen LogP contribution in [0.4, 0.5) is 0 Å². The van der Waals surface area contributed by atoms with Crippen LogP contribution in [0, 0.1) is 0 Å². The minimum atomic E-state index is -0.476. The summed E-state index contributed by atoms with van der Waals surface area (Å²) in [5, 5.41) is 4.68. The molecule has 0 fully saturated rings. The lowest BCUT2D eigenvalue weighted by atomic mass is 10.2. The van der Waals surface area contributed by atoms with Crippen LogP contribution in [-0.4, -0.2) is 22.1 Å². The number of para-hydroxylation sites is 1. The third-order valence-electron chi connectivity index (χ3n) is 4.55. The third-order valence-corrected chi connectivity index (χ3v) is 5.46. The second kappa shape index (κ2) is 7.28. The largest absolute Gasteiger partial charge is 0.354 e. The van der Waals surface area contributed by atoms with Gasteiger partial charge in [-0.15, -0.1) is 11.3 Å². The number of fused-ring (bicyclic) bond motifs is 1. The number of hydrogen-bond acceptors (Lipinski definition) is 4. The Balaban J connectivity index is 2.04. The molecule has 0 atom stereocenters. The molecular formula is C21H17N3O3S. The topological polar surface area (TPSA) is 73.1 Å². The minimum Gasteiger partial charge on any atom is -0.354 e. The molecule has 1 amide bonds. The summed E-state index contributed by atoms with van der Waals surface area (Å²) in [6.45, 7) is 0.319. The highest BCUT2D eigenvalue weighted by Crippen LogP contribution is 2.20. The average Bonchev–Trinajstić information content (AvgIpc) is 3.21. The molecule has 0 saturated heterocycles. The number of benzene rings is 2. The fourth-order valence-electron chi connectivity index (χ4n) is 3.21. The van der Waals surface area contributed by atoms with Gasteiger partial charge in [-0.1, -0.05) is 42.5 Å². The number of carbonyl (C=O) groups is 1. The first-order chi connectivity index (χ1) is 13.6. The van der Waals surface area contributed by atoms with Gasteiger partial charge in [0.05, 0.1) is 23.1 Å². The Kier molecular flexibility index (Phi) is 4.67. The number of nitrogens with one attached hydrogen (secondary N) is 1. The number of aromatic nitrogens is 2. The second-order valence-corrected chi connectivity index (χ2v) is 7.14. The second-order valence-electron chi connectivity index (χ2n) is 6.23. The van der Waals surface area contributed by atoms with Gasteiger partial charge in [-0.2, -0.15) is 0 Å². The average molecular weight is 391 g/mol. The molecule has 0 aliphatic heterocycles. The Morgan fingerprint density at radius 3 is 2.46 bits per heavy atom. The van der Waals surface area contributed by atoms with E-state index in [0.29, 0.717) is 28.0 Å². The Bertz CT molecular complexity index is 1290. The van der Waals surface area contributed by atoms with Crippen molar-refractivity contribution in [2.24, 2.45) is 0 Å². The van der Waals surface area contributed by atoms with E-state index in [1.807, 2.05) is 30.3 Å². The zero-order valence-electron chi connectivity index (χ0n) is 15.1. The molecule has 0 aliphatic carbocycles. The predicted octanol–water partition coefficient (Wildman–Crippen LogP) is 2.62. The molecule has 0 saturated carbocycles. The van der Waals surface area contributed by atoms with Crippen LogP contribution in [-0.2, 0) is 6.54 Å². The van der Waals surface area contributed by atoms with Crippen LogP contribution in [0.5, 0.6) is 0 Å². The molecule has 4 aromatic rings. The van der Waals surface area contributed by atoms with Crippen molar-refractivity contribution in [3.8, 4) is 5.69 Å². The van der Waals surface area contributed by atoms with E-state index >= 15 is 0 Å². The Labute approximate surface area is 164 Å². The lowest BCUT2D eigenvalue weighted by molar-refractivity contribution is 0.0967. The molecule has 28 heavy (non-hydrogen) atoms. The van der Waals surface area contributed by atoms with E-state index in [2.05, 4.69) is 5.32 Å². The van der Waals surface area contributed by atoms with E-state index in [1.165, 1.54) is 18.4 Å². The molecule has 2 heterocycles. The third kappa shape index (κ3) is 2.95. The highest BCUT2D eigenvalue weighted by atomic mass is 32.1. The summed E-state index contributed by atoms with van der Waals surface area (Å²) in [5.41, 5.74) is 0.891. The molecule has 2 aromatic heterocycles. The summed E-state index contributed by atoms with van der Waals surface area (Å²) < 4.78 is 2.66. The summed E-state index contributed by atoms with van der Waals surface area (Å²) in [7, 11) is 1.52. The maximum Gasteiger partial charge on any atom is 0.336 e. The van der Waals surface area contributed by atoms with Gasteiger partial charge < -0.3 is 5.32 Å². The quantitative estimate of drug-likeness (QED) is 0.581. The minimum absolute atomic E-state index is 0.298. The van der Waals surface area contributed by atoms with Gasteiger partial charge in [0.2, 0.25) is 0 Å². The molecule has 0 unspecified atom stereocenters. The molecule has 0 radical (unpaired) electrons. The van der Waals surface area contributed by atoms with Crippen molar-refractivity contribution in [1.29, 1.82) is 0 Å². The summed E-state index contributed by atoms with van der Waals surface area (Å²) in [6, 6.07) is 18.2. The van der Waals surface area contributed by atoms with Gasteiger partial charge in [0.25, 0.3) is 11.5 Å². The normalized spacial score (nSPS) is 10.9. The van der Waals surface area contributed by atoms with E-state index in [-0.39, 0.29) is 5.91 Å². The van der Waals surface area contributed by atoms with E-state index in [9.17, 15) is 14.4 Å². The maximum atomic E-state index is 13.4. The molecule has 0 spiro atoms. The molecule has 1 N–H and O–H groups in total. The number of amides is 1. The molecule has 0 bridgehead atoms. The van der Waals surface area contributed by atoms with Crippen LogP contribution in [0.1, 0.15) is 15.2 Å². The van der Waals surface area contributed by atoms with Crippen LogP contribution < -0.4 is 16.6 Å². The van der Waals surface area contributed by atoms with E-state index in [0.717, 1.165) is 10.1 Å². The van der Waals surface area contributed by atoms with Gasteiger partial charge in [-0.25, -0.2) is 9.36 Å². The van der Waals surface area contributed by atoms with Crippen molar-refractivity contribution in [2.75, 3.05) is 7.05 Å².